The number of aromatic nitrogens is 8. The van der Waals surface area contributed by atoms with Gasteiger partial charge in [0.15, 0.2) is 5.82 Å². The molecule has 12 heteroatoms. The first-order chi connectivity index (χ1) is 34.0. The summed E-state index contributed by atoms with van der Waals surface area (Å²) < 4.78 is 0. The molecule has 0 aliphatic rings. The lowest BCUT2D eigenvalue weighted by Gasteiger charge is -2.14. The quantitative estimate of drug-likeness (QED) is 0.0507. The lowest BCUT2D eigenvalue weighted by atomic mass is 9.97. The van der Waals surface area contributed by atoms with Crippen LogP contribution in [0.5, 0.6) is 0 Å². The van der Waals surface area contributed by atoms with Crippen LogP contribution < -0.4 is 11.1 Å². The number of rotatable bonds is 15. The molecule has 2 aromatic carbocycles. The molecule has 10 nitrogen and oxygen atoms in total. The summed E-state index contributed by atoms with van der Waals surface area (Å²) in [7, 11) is 0. The van der Waals surface area contributed by atoms with E-state index >= 15 is 0 Å². The molecule has 0 aliphatic carbocycles. The maximum Gasteiger partial charge on any atom is 0.159 e. The minimum atomic E-state index is 0.522. The van der Waals surface area contributed by atoms with E-state index in [2.05, 4.69) is 149 Å². The third-order valence-corrected chi connectivity index (χ3v) is 13.2. The lowest BCUT2D eigenvalue weighted by molar-refractivity contribution is 0.622. The van der Waals surface area contributed by atoms with E-state index in [1.54, 1.807) is 34.9 Å². The molecule has 0 bridgehead atoms. The number of nitrogens with one attached hydrogen (secondary N) is 4. The summed E-state index contributed by atoms with van der Waals surface area (Å²) in [5.41, 5.74) is 23.3. The van der Waals surface area contributed by atoms with Gasteiger partial charge in [-0.15, -0.1) is 22.7 Å². The molecule has 6 N–H and O–H groups in total. The summed E-state index contributed by atoms with van der Waals surface area (Å²) in [6.07, 6.45) is 20.1. The van der Waals surface area contributed by atoms with E-state index in [0.29, 0.717) is 17.4 Å². The van der Waals surface area contributed by atoms with E-state index in [1.165, 1.54) is 5.57 Å². The van der Waals surface area contributed by atoms with Crippen LogP contribution in [0.2, 0.25) is 0 Å². The van der Waals surface area contributed by atoms with Crippen LogP contribution in [0.15, 0.2) is 176 Å². The molecule has 0 fully saturated rings. The number of thiophene rings is 2. The largest absolute Gasteiger partial charge is 0.398 e. The average molecular weight is 961 g/mol. The van der Waals surface area contributed by atoms with Crippen LogP contribution in [0.1, 0.15) is 77.4 Å². The van der Waals surface area contributed by atoms with Crippen molar-refractivity contribution in [2.45, 2.75) is 54.9 Å². The van der Waals surface area contributed by atoms with Crippen LogP contribution in [0, 0.1) is 5.92 Å². The fourth-order valence-electron chi connectivity index (χ4n) is 8.12. The van der Waals surface area contributed by atoms with Crippen LogP contribution in [0.25, 0.3) is 82.1 Å². The number of nitrogens with zero attached hydrogens (tertiary/aromatic N) is 5. The molecular formula is C58H60N10S2. The number of nitrogens with two attached hydrogens (primary N) is 1. The van der Waals surface area contributed by atoms with Crippen molar-refractivity contribution in [1.29, 1.82) is 0 Å². The summed E-state index contributed by atoms with van der Waals surface area (Å²) in [6, 6.07) is 20.5. The van der Waals surface area contributed by atoms with Gasteiger partial charge >= 0.3 is 0 Å². The van der Waals surface area contributed by atoms with E-state index in [1.807, 2.05) is 81.2 Å². The van der Waals surface area contributed by atoms with Crippen LogP contribution in [-0.4, -0.2) is 40.1 Å². The van der Waals surface area contributed by atoms with Gasteiger partial charge in [-0.25, -0.2) is 9.97 Å². The second-order valence-corrected chi connectivity index (χ2v) is 18.5. The summed E-state index contributed by atoms with van der Waals surface area (Å²) in [5.74, 6) is 1.92. The van der Waals surface area contributed by atoms with Crippen molar-refractivity contribution < 1.29 is 0 Å². The Morgan fingerprint density at radius 1 is 0.800 bits per heavy atom. The van der Waals surface area contributed by atoms with Crippen molar-refractivity contribution in [3.63, 3.8) is 0 Å². The summed E-state index contributed by atoms with van der Waals surface area (Å²) in [4.78, 5) is 27.7. The van der Waals surface area contributed by atoms with Crippen LogP contribution in [0.4, 0.5) is 5.69 Å². The van der Waals surface area contributed by atoms with Gasteiger partial charge in [0.1, 0.15) is 22.6 Å². The van der Waals surface area contributed by atoms with Gasteiger partial charge in [-0.3, -0.25) is 15.1 Å². The summed E-state index contributed by atoms with van der Waals surface area (Å²) in [6.45, 7) is 30.8. The maximum atomic E-state index is 6.42. The number of aromatic amines is 3. The fourth-order valence-corrected chi connectivity index (χ4v) is 9.59. The number of nitrogen functional groups attached to an aromatic ring is 1. The normalized spacial score (nSPS) is 12.2. The van der Waals surface area contributed by atoms with Gasteiger partial charge < -0.3 is 21.0 Å². The molecule has 9 aromatic rings. The second-order valence-electron chi connectivity index (χ2n) is 16.6. The topological polar surface area (TPSA) is 150 Å². The molecule has 0 unspecified atom stereocenters. The molecule has 7 aromatic heterocycles. The highest BCUT2D eigenvalue weighted by molar-refractivity contribution is 7.14. The SMILES string of the molecule is C=C/C(=C\C(=C/C)c1ccc(N)c(C(=C)c2nc3c(-c4cccs4)cncc3[nH]2)c1)NC(=C)CC(C)C.C=C/C=C(C)\C(=C/C)c1ccc2[nH]nc(-c3nc4c(-c5cccs5)cncc4[nH]3)c2c1.CC. The van der Waals surface area contributed by atoms with Crippen molar-refractivity contribution in [3.8, 4) is 32.4 Å². The maximum absolute atomic E-state index is 6.42. The van der Waals surface area contributed by atoms with Gasteiger partial charge in [-0.05, 0) is 120 Å². The minimum Gasteiger partial charge on any atom is -0.398 e. The Kier molecular flexibility index (Phi) is 16.4. The first-order valence-electron chi connectivity index (χ1n) is 23.2. The van der Waals surface area contributed by atoms with Crippen molar-refractivity contribution in [2.24, 2.45) is 5.92 Å². The number of anilines is 1. The average Bonchev–Trinajstić information content (AvgIpc) is 4.24. The zero-order valence-corrected chi connectivity index (χ0v) is 42.6. The number of fused-ring (bicyclic) bond motifs is 3. The third-order valence-electron chi connectivity index (χ3n) is 11.4. The van der Waals surface area contributed by atoms with E-state index in [0.717, 1.165) is 117 Å². The number of allylic oxidation sites excluding steroid dienone is 10. The highest BCUT2D eigenvalue weighted by atomic mass is 32.1. The molecule has 70 heavy (non-hydrogen) atoms. The van der Waals surface area contributed by atoms with Crippen LogP contribution in [0.3, 0.4) is 0 Å². The molecule has 7 heterocycles. The number of hydrogen-bond donors (Lipinski definition) is 5. The van der Waals surface area contributed by atoms with E-state index < -0.39 is 0 Å². The molecule has 0 atom stereocenters. The molecule has 0 amide bonds. The Morgan fingerprint density at radius 2 is 1.46 bits per heavy atom. The van der Waals surface area contributed by atoms with E-state index in [-0.39, 0.29) is 0 Å². The van der Waals surface area contributed by atoms with Crippen molar-refractivity contribution in [2.75, 3.05) is 5.73 Å². The van der Waals surface area contributed by atoms with Gasteiger partial charge in [0.05, 0.1) is 28.9 Å². The highest BCUT2D eigenvalue weighted by Crippen LogP contribution is 2.36. The monoisotopic (exact) mass is 960 g/mol. The minimum absolute atomic E-state index is 0.522. The number of pyridine rings is 2. The Labute approximate surface area is 418 Å². The van der Waals surface area contributed by atoms with Crippen molar-refractivity contribution >= 4 is 78.0 Å². The first kappa shape index (κ1) is 50.0. The molecule has 0 spiro atoms. The number of benzene rings is 2. The Balaban J connectivity index is 0.000000202. The van der Waals surface area contributed by atoms with Crippen molar-refractivity contribution in [1.82, 2.24) is 45.4 Å². The molecule has 9 rings (SSSR count). The summed E-state index contributed by atoms with van der Waals surface area (Å²) >= 11 is 3.34. The fraction of sp³-hybridized carbons (Fsp3) is 0.155. The third kappa shape index (κ3) is 11.0. The number of H-pyrrole nitrogens is 3. The molecule has 0 saturated carbocycles. The molecule has 0 radical (unpaired) electrons. The number of imidazole rings is 2. The highest BCUT2D eigenvalue weighted by Gasteiger charge is 2.18. The zero-order valence-electron chi connectivity index (χ0n) is 40.9. The second kappa shape index (κ2) is 22.9. The van der Waals surface area contributed by atoms with Crippen LogP contribution >= 0.6 is 22.7 Å². The van der Waals surface area contributed by atoms with Gasteiger partial charge in [0, 0.05) is 66.9 Å². The van der Waals surface area contributed by atoms with E-state index in [9.17, 15) is 0 Å². The standard InChI is InChI=1S/C31H33N5S.C25H21N5S.C2H6/c1-7-22(15-24(8-2)34-20(5)14-19(3)4)23-11-12-27(32)25(16-23)21(6)31-35-28-18-33-17-26(30(28)36-31)29-10-9-13-37-29;1-4-7-15(3)17(5-2)16-9-10-20-18(12-16)24(30-29-20)25-27-21-14-26-13-19(23(21)28-25)22-8-6-11-31-22;1-2/h7-13,15-19,34H,2,5-6,14,32H2,1,3-4H3,(H,35,36);4-14H,1H2,2-3H3,(H,27,28)(H,29,30);1-2H3/b22-7+,24-15+;15-7-,17-5+;. The molecular weight excluding hydrogens is 901 g/mol. The van der Waals surface area contributed by atoms with Gasteiger partial charge in [-0.1, -0.05) is 103 Å². The Morgan fingerprint density at radius 3 is 2.06 bits per heavy atom. The predicted molar refractivity (Wildman–Crippen MR) is 301 cm³/mol. The smallest absolute Gasteiger partial charge is 0.159 e. The van der Waals surface area contributed by atoms with Gasteiger partial charge in [-0.2, -0.15) is 5.10 Å². The van der Waals surface area contributed by atoms with Crippen LogP contribution in [-0.2, 0) is 0 Å². The van der Waals surface area contributed by atoms with Crippen molar-refractivity contribution in [3.05, 3.63) is 198 Å². The number of hydrogen-bond acceptors (Lipinski definition) is 9. The lowest BCUT2D eigenvalue weighted by Crippen LogP contribution is -2.12. The van der Waals surface area contributed by atoms with Gasteiger partial charge in [0.2, 0.25) is 0 Å². The molecule has 354 valence electrons. The predicted octanol–water partition coefficient (Wildman–Crippen LogP) is 15.7. The molecule has 0 aliphatic heterocycles. The summed E-state index contributed by atoms with van der Waals surface area (Å²) in [5, 5.41) is 16.2. The molecule has 0 saturated heterocycles. The first-order valence-corrected chi connectivity index (χ1v) is 25.0. The van der Waals surface area contributed by atoms with E-state index in [4.69, 9.17) is 15.7 Å². The Hall–Kier alpha value is -7.93. The van der Waals surface area contributed by atoms with Gasteiger partial charge in [0.25, 0.3) is 0 Å². The Bertz CT molecular complexity index is 3440. The zero-order chi connectivity index (χ0) is 49.9.